The van der Waals surface area contributed by atoms with Crippen LogP contribution in [-0.4, -0.2) is 15.7 Å². The van der Waals surface area contributed by atoms with Gasteiger partial charge in [-0.05, 0) is 50.2 Å². The molecular formula is C18H16ClN3O. The fraction of sp³-hybridized carbons (Fsp3) is 0.111. The van der Waals surface area contributed by atoms with Crippen LogP contribution in [0.1, 0.15) is 21.7 Å². The number of carbonyl (C=O) groups excluding carboxylic acids is 1. The molecule has 0 bridgehead atoms. The van der Waals surface area contributed by atoms with Crippen LogP contribution in [0.25, 0.3) is 5.69 Å². The SMILES string of the molecule is Cc1nn(-c2ccccc2)c(C)c1NC(=O)c1ccc(Cl)cc1. The monoisotopic (exact) mass is 325 g/mol. The second kappa shape index (κ2) is 6.26. The minimum Gasteiger partial charge on any atom is -0.319 e. The van der Waals surface area contributed by atoms with Crippen molar-refractivity contribution in [1.29, 1.82) is 0 Å². The summed E-state index contributed by atoms with van der Waals surface area (Å²) in [5, 5.41) is 8.06. The highest BCUT2D eigenvalue weighted by molar-refractivity contribution is 6.30. The lowest BCUT2D eigenvalue weighted by atomic mass is 10.2. The van der Waals surface area contributed by atoms with Crippen LogP contribution in [0.15, 0.2) is 54.6 Å². The first-order valence-corrected chi connectivity index (χ1v) is 7.62. The van der Waals surface area contributed by atoms with Gasteiger partial charge in [-0.2, -0.15) is 5.10 Å². The Hall–Kier alpha value is -2.59. The van der Waals surface area contributed by atoms with Gasteiger partial charge in [0.1, 0.15) is 0 Å². The Balaban J connectivity index is 1.90. The molecule has 0 radical (unpaired) electrons. The van der Waals surface area contributed by atoms with Gasteiger partial charge in [0.2, 0.25) is 0 Å². The highest BCUT2D eigenvalue weighted by Crippen LogP contribution is 2.23. The molecule has 1 aromatic heterocycles. The normalized spacial score (nSPS) is 10.6. The Morgan fingerprint density at radius 1 is 1.04 bits per heavy atom. The molecule has 3 aromatic rings. The molecule has 0 aliphatic rings. The lowest BCUT2D eigenvalue weighted by Gasteiger charge is -2.07. The number of halogens is 1. The summed E-state index contributed by atoms with van der Waals surface area (Å²) in [5.41, 5.74) is 3.90. The second-order valence-corrected chi connectivity index (χ2v) is 5.69. The third-order valence-electron chi connectivity index (χ3n) is 3.64. The summed E-state index contributed by atoms with van der Waals surface area (Å²) in [4.78, 5) is 12.4. The van der Waals surface area contributed by atoms with Crippen molar-refractivity contribution in [3.8, 4) is 5.69 Å². The molecule has 0 spiro atoms. The summed E-state index contributed by atoms with van der Waals surface area (Å²) in [6.45, 7) is 3.81. The molecule has 0 aliphatic heterocycles. The van der Waals surface area contributed by atoms with Crippen molar-refractivity contribution in [2.75, 3.05) is 5.32 Å². The first-order chi connectivity index (χ1) is 11.1. The van der Waals surface area contributed by atoms with Crippen LogP contribution in [-0.2, 0) is 0 Å². The van der Waals surface area contributed by atoms with E-state index in [1.807, 2.05) is 48.9 Å². The molecule has 1 heterocycles. The number of carbonyl (C=O) groups is 1. The molecule has 2 aromatic carbocycles. The molecule has 0 atom stereocenters. The molecule has 5 heteroatoms. The zero-order valence-electron chi connectivity index (χ0n) is 12.9. The lowest BCUT2D eigenvalue weighted by Crippen LogP contribution is -2.13. The average Bonchev–Trinajstić information content (AvgIpc) is 2.84. The number of aryl methyl sites for hydroxylation is 1. The highest BCUT2D eigenvalue weighted by atomic mass is 35.5. The van der Waals surface area contributed by atoms with Gasteiger partial charge < -0.3 is 5.32 Å². The molecule has 4 nitrogen and oxygen atoms in total. The number of anilines is 1. The molecule has 3 rings (SSSR count). The third kappa shape index (κ3) is 3.12. The van der Waals surface area contributed by atoms with E-state index in [0.29, 0.717) is 10.6 Å². The van der Waals surface area contributed by atoms with Crippen molar-refractivity contribution in [3.05, 3.63) is 76.6 Å². The smallest absolute Gasteiger partial charge is 0.255 e. The molecule has 116 valence electrons. The third-order valence-corrected chi connectivity index (χ3v) is 3.89. The summed E-state index contributed by atoms with van der Waals surface area (Å²) in [7, 11) is 0. The molecule has 1 N–H and O–H groups in total. The first kappa shape index (κ1) is 15.3. The van der Waals surface area contributed by atoms with E-state index in [2.05, 4.69) is 10.4 Å². The zero-order valence-corrected chi connectivity index (χ0v) is 13.6. The van der Waals surface area contributed by atoms with Crippen molar-refractivity contribution in [2.24, 2.45) is 0 Å². The number of hydrogen-bond donors (Lipinski definition) is 1. The lowest BCUT2D eigenvalue weighted by molar-refractivity contribution is 0.102. The van der Waals surface area contributed by atoms with Gasteiger partial charge in [0.25, 0.3) is 5.91 Å². The maximum absolute atomic E-state index is 12.4. The molecule has 0 fully saturated rings. The predicted octanol–water partition coefficient (Wildman–Crippen LogP) is 4.39. The topological polar surface area (TPSA) is 46.9 Å². The number of rotatable bonds is 3. The largest absolute Gasteiger partial charge is 0.319 e. The van der Waals surface area contributed by atoms with E-state index < -0.39 is 0 Å². The zero-order chi connectivity index (χ0) is 16.4. The number of para-hydroxylation sites is 1. The van der Waals surface area contributed by atoms with E-state index in [0.717, 1.165) is 22.8 Å². The van der Waals surface area contributed by atoms with Crippen molar-refractivity contribution in [2.45, 2.75) is 13.8 Å². The van der Waals surface area contributed by atoms with Gasteiger partial charge in [-0.25, -0.2) is 4.68 Å². The molecule has 0 aliphatic carbocycles. The van der Waals surface area contributed by atoms with Gasteiger partial charge in [0.05, 0.1) is 22.8 Å². The van der Waals surface area contributed by atoms with E-state index in [-0.39, 0.29) is 5.91 Å². The van der Waals surface area contributed by atoms with Crippen LogP contribution >= 0.6 is 11.6 Å². The van der Waals surface area contributed by atoms with Crippen LogP contribution in [0, 0.1) is 13.8 Å². The standard InChI is InChI=1S/C18H16ClN3O/c1-12-17(20-18(23)14-8-10-15(19)11-9-14)13(2)22(21-12)16-6-4-3-5-7-16/h3-11H,1-2H3,(H,20,23). The van der Waals surface area contributed by atoms with Gasteiger partial charge in [0, 0.05) is 10.6 Å². The molecule has 0 saturated carbocycles. The van der Waals surface area contributed by atoms with Gasteiger partial charge >= 0.3 is 0 Å². The van der Waals surface area contributed by atoms with Gasteiger partial charge in [-0.15, -0.1) is 0 Å². The van der Waals surface area contributed by atoms with Crippen molar-refractivity contribution in [3.63, 3.8) is 0 Å². The van der Waals surface area contributed by atoms with E-state index in [1.165, 1.54) is 0 Å². The van der Waals surface area contributed by atoms with Crippen LogP contribution in [0.2, 0.25) is 5.02 Å². The summed E-state index contributed by atoms with van der Waals surface area (Å²) in [5.74, 6) is -0.180. The summed E-state index contributed by atoms with van der Waals surface area (Å²) < 4.78 is 1.83. The summed E-state index contributed by atoms with van der Waals surface area (Å²) >= 11 is 5.85. The first-order valence-electron chi connectivity index (χ1n) is 7.25. The quantitative estimate of drug-likeness (QED) is 0.776. The highest BCUT2D eigenvalue weighted by Gasteiger charge is 2.16. The number of nitrogens with zero attached hydrogens (tertiary/aromatic N) is 2. The Bertz CT molecular complexity index is 839. The summed E-state index contributed by atoms with van der Waals surface area (Å²) in [6.07, 6.45) is 0. The van der Waals surface area contributed by atoms with E-state index in [4.69, 9.17) is 11.6 Å². The van der Waals surface area contributed by atoms with Gasteiger partial charge in [-0.1, -0.05) is 29.8 Å². The molecule has 1 amide bonds. The summed E-state index contributed by atoms with van der Waals surface area (Å²) in [6, 6.07) is 16.6. The molecular weight excluding hydrogens is 310 g/mol. The van der Waals surface area contributed by atoms with Crippen molar-refractivity contribution < 1.29 is 4.79 Å². The minimum absolute atomic E-state index is 0.180. The fourth-order valence-corrected chi connectivity index (χ4v) is 2.56. The number of aromatic nitrogens is 2. The van der Waals surface area contributed by atoms with Crippen LogP contribution in [0.4, 0.5) is 5.69 Å². The Morgan fingerprint density at radius 3 is 2.35 bits per heavy atom. The second-order valence-electron chi connectivity index (χ2n) is 5.25. The molecule has 23 heavy (non-hydrogen) atoms. The number of benzene rings is 2. The number of amides is 1. The van der Waals surface area contributed by atoms with E-state index in [1.54, 1.807) is 24.3 Å². The number of hydrogen-bond acceptors (Lipinski definition) is 2. The van der Waals surface area contributed by atoms with Gasteiger partial charge in [0.15, 0.2) is 0 Å². The van der Waals surface area contributed by atoms with Crippen LogP contribution in [0.3, 0.4) is 0 Å². The Labute approximate surface area is 139 Å². The Kier molecular flexibility index (Phi) is 4.17. The maximum Gasteiger partial charge on any atom is 0.255 e. The van der Waals surface area contributed by atoms with Crippen molar-refractivity contribution in [1.82, 2.24) is 9.78 Å². The minimum atomic E-state index is -0.180. The van der Waals surface area contributed by atoms with Crippen LogP contribution in [0.5, 0.6) is 0 Å². The predicted molar refractivity (Wildman–Crippen MR) is 92.4 cm³/mol. The van der Waals surface area contributed by atoms with Crippen LogP contribution < -0.4 is 5.32 Å². The van der Waals surface area contributed by atoms with Gasteiger partial charge in [-0.3, -0.25) is 4.79 Å². The van der Waals surface area contributed by atoms with E-state index in [9.17, 15) is 4.79 Å². The number of nitrogens with one attached hydrogen (secondary N) is 1. The molecule has 0 unspecified atom stereocenters. The average molecular weight is 326 g/mol. The maximum atomic E-state index is 12.4. The fourth-order valence-electron chi connectivity index (χ4n) is 2.43. The van der Waals surface area contributed by atoms with Crippen molar-refractivity contribution >= 4 is 23.2 Å². The Morgan fingerprint density at radius 2 is 1.70 bits per heavy atom. The molecule has 0 saturated heterocycles. The van der Waals surface area contributed by atoms with E-state index >= 15 is 0 Å².